The van der Waals surface area contributed by atoms with Crippen molar-refractivity contribution >= 4 is 0 Å². The normalized spacial score (nSPS) is 38.8. The number of hydrogen-bond acceptors (Lipinski definition) is 2. The number of nitrogens with two attached hydrogens (primary N) is 1. The summed E-state index contributed by atoms with van der Waals surface area (Å²) in [7, 11) is 0. The lowest BCUT2D eigenvalue weighted by Gasteiger charge is -2.38. The summed E-state index contributed by atoms with van der Waals surface area (Å²) in [6.07, 6.45) is 9.26. The van der Waals surface area contributed by atoms with Crippen molar-refractivity contribution in [2.45, 2.75) is 70.5 Å². The molecule has 2 aliphatic carbocycles. The minimum atomic E-state index is 0.0466. The fourth-order valence-electron chi connectivity index (χ4n) is 3.35. The van der Waals surface area contributed by atoms with Gasteiger partial charge in [-0.15, -0.1) is 0 Å². The lowest BCUT2D eigenvalue weighted by molar-refractivity contribution is -0.107. The van der Waals surface area contributed by atoms with Gasteiger partial charge in [0.15, 0.2) is 0 Å². The third-order valence-corrected chi connectivity index (χ3v) is 4.85. The molecule has 2 rings (SSSR count). The average Bonchev–Trinajstić information content (AvgIpc) is 2.73. The minimum absolute atomic E-state index is 0.0466. The molecule has 3 unspecified atom stereocenters. The van der Waals surface area contributed by atoms with Crippen molar-refractivity contribution in [3.63, 3.8) is 0 Å². The van der Waals surface area contributed by atoms with Crippen molar-refractivity contribution in [3.05, 3.63) is 0 Å². The van der Waals surface area contributed by atoms with Gasteiger partial charge in [-0.25, -0.2) is 0 Å². The van der Waals surface area contributed by atoms with Gasteiger partial charge >= 0.3 is 0 Å². The van der Waals surface area contributed by atoms with Gasteiger partial charge in [0.25, 0.3) is 0 Å². The maximum atomic E-state index is 6.38. The molecule has 3 atom stereocenters. The SMILES string of the molecule is CC1CCC(OC2(CN)CCCC2)CC1C. The predicted octanol–water partition coefficient (Wildman–Crippen LogP) is 3.10. The van der Waals surface area contributed by atoms with Crippen molar-refractivity contribution in [2.24, 2.45) is 17.6 Å². The molecule has 2 N–H and O–H groups in total. The van der Waals surface area contributed by atoms with Crippen LogP contribution in [-0.2, 0) is 4.74 Å². The standard InChI is InChI=1S/C14H27NO/c1-11-5-6-13(9-12(11)2)16-14(10-15)7-3-4-8-14/h11-13H,3-10,15H2,1-2H3. The molecule has 0 saturated heterocycles. The summed E-state index contributed by atoms with van der Waals surface area (Å²) in [6, 6.07) is 0. The van der Waals surface area contributed by atoms with E-state index in [1.54, 1.807) is 0 Å². The fraction of sp³-hybridized carbons (Fsp3) is 1.00. The highest BCUT2D eigenvalue weighted by molar-refractivity contribution is 4.89. The smallest absolute Gasteiger partial charge is 0.0807 e. The van der Waals surface area contributed by atoms with Crippen molar-refractivity contribution < 1.29 is 4.74 Å². The summed E-state index contributed by atoms with van der Waals surface area (Å²) in [5.74, 6) is 1.69. The Kier molecular flexibility index (Phi) is 3.91. The van der Waals surface area contributed by atoms with E-state index in [1.165, 1.54) is 44.9 Å². The van der Waals surface area contributed by atoms with Crippen LogP contribution in [0.4, 0.5) is 0 Å². The van der Waals surface area contributed by atoms with Crippen LogP contribution in [0.5, 0.6) is 0 Å². The third kappa shape index (κ3) is 2.60. The Hall–Kier alpha value is -0.0800. The van der Waals surface area contributed by atoms with Crippen LogP contribution in [0.15, 0.2) is 0 Å². The molecule has 2 fully saturated rings. The van der Waals surface area contributed by atoms with Crippen molar-refractivity contribution in [1.29, 1.82) is 0 Å². The van der Waals surface area contributed by atoms with Gasteiger partial charge in [0.1, 0.15) is 0 Å². The van der Waals surface area contributed by atoms with Crippen LogP contribution in [0.25, 0.3) is 0 Å². The molecular weight excluding hydrogens is 198 g/mol. The predicted molar refractivity (Wildman–Crippen MR) is 67.3 cm³/mol. The van der Waals surface area contributed by atoms with Gasteiger partial charge in [-0.1, -0.05) is 26.7 Å². The van der Waals surface area contributed by atoms with E-state index in [0.29, 0.717) is 12.6 Å². The molecule has 0 radical (unpaired) electrons. The molecule has 2 aliphatic rings. The maximum Gasteiger partial charge on any atom is 0.0807 e. The lowest BCUT2D eigenvalue weighted by atomic mass is 9.80. The Morgan fingerprint density at radius 1 is 1.12 bits per heavy atom. The summed E-state index contributed by atoms with van der Waals surface area (Å²) < 4.78 is 6.38. The highest BCUT2D eigenvalue weighted by Crippen LogP contribution is 2.38. The summed E-state index contributed by atoms with van der Waals surface area (Å²) in [4.78, 5) is 0. The summed E-state index contributed by atoms with van der Waals surface area (Å²) in [6.45, 7) is 5.45. The van der Waals surface area contributed by atoms with Crippen LogP contribution in [0.3, 0.4) is 0 Å². The van der Waals surface area contributed by atoms with Crippen LogP contribution in [0, 0.1) is 11.8 Å². The van der Waals surface area contributed by atoms with E-state index in [9.17, 15) is 0 Å². The highest BCUT2D eigenvalue weighted by Gasteiger charge is 2.37. The first-order chi connectivity index (χ1) is 7.65. The molecule has 94 valence electrons. The first-order valence-electron chi connectivity index (χ1n) is 7.03. The molecule has 0 aliphatic heterocycles. The molecule has 0 aromatic carbocycles. The van der Waals surface area contributed by atoms with Crippen molar-refractivity contribution in [3.8, 4) is 0 Å². The molecule has 2 nitrogen and oxygen atoms in total. The first-order valence-corrected chi connectivity index (χ1v) is 7.03. The molecule has 2 heteroatoms. The van der Waals surface area contributed by atoms with E-state index in [2.05, 4.69) is 13.8 Å². The molecule has 0 amide bonds. The zero-order valence-electron chi connectivity index (χ0n) is 10.9. The van der Waals surface area contributed by atoms with E-state index in [1.807, 2.05) is 0 Å². The lowest BCUT2D eigenvalue weighted by Crippen LogP contribution is -2.43. The van der Waals surface area contributed by atoms with E-state index < -0.39 is 0 Å². The van der Waals surface area contributed by atoms with Gasteiger partial charge in [-0.2, -0.15) is 0 Å². The Balaban J connectivity index is 1.89. The van der Waals surface area contributed by atoms with Crippen LogP contribution >= 0.6 is 0 Å². The third-order valence-electron chi connectivity index (χ3n) is 4.85. The zero-order chi connectivity index (χ0) is 11.6. The molecule has 0 heterocycles. The summed E-state index contributed by atoms with van der Waals surface area (Å²) >= 11 is 0. The number of hydrogen-bond donors (Lipinski definition) is 1. The van der Waals surface area contributed by atoms with Crippen LogP contribution in [0.2, 0.25) is 0 Å². The summed E-state index contributed by atoms with van der Waals surface area (Å²) in [5, 5.41) is 0. The average molecular weight is 225 g/mol. The number of rotatable bonds is 3. The summed E-state index contributed by atoms with van der Waals surface area (Å²) in [5.41, 5.74) is 5.97. The molecule has 0 bridgehead atoms. The largest absolute Gasteiger partial charge is 0.370 e. The maximum absolute atomic E-state index is 6.38. The second-order valence-electron chi connectivity index (χ2n) is 6.10. The van der Waals surface area contributed by atoms with Crippen LogP contribution in [-0.4, -0.2) is 18.2 Å². The second-order valence-corrected chi connectivity index (χ2v) is 6.10. The van der Waals surface area contributed by atoms with Gasteiger partial charge in [0.05, 0.1) is 11.7 Å². The number of ether oxygens (including phenoxy) is 1. The van der Waals surface area contributed by atoms with Gasteiger partial charge in [-0.05, 0) is 43.9 Å². The quantitative estimate of drug-likeness (QED) is 0.801. The van der Waals surface area contributed by atoms with Crippen LogP contribution in [0.1, 0.15) is 58.8 Å². The van der Waals surface area contributed by atoms with E-state index >= 15 is 0 Å². The Labute approximate surface area is 99.9 Å². The minimum Gasteiger partial charge on any atom is -0.370 e. The van der Waals surface area contributed by atoms with Crippen molar-refractivity contribution in [1.82, 2.24) is 0 Å². The Bertz CT molecular complexity index is 223. The molecule has 0 spiro atoms. The van der Waals surface area contributed by atoms with Gasteiger partial charge in [-0.3, -0.25) is 0 Å². The topological polar surface area (TPSA) is 35.2 Å². The van der Waals surface area contributed by atoms with E-state index in [-0.39, 0.29) is 5.60 Å². The monoisotopic (exact) mass is 225 g/mol. The Morgan fingerprint density at radius 2 is 1.81 bits per heavy atom. The highest BCUT2D eigenvalue weighted by atomic mass is 16.5. The zero-order valence-corrected chi connectivity index (χ0v) is 10.9. The van der Waals surface area contributed by atoms with Gasteiger partial charge < -0.3 is 10.5 Å². The van der Waals surface area contributed by atoms with Crippen LogP contribution < -0.4 is 5.73 Å². The van der Waals surface area contributed by atoms with Gasteiger partial charge in [0.2, 0.25) is 0 Å². The van der Waals surface area contributed by atoms with Gasteiger partial charge in [0, 0.05) is 6.54 Å². The van der Waals surface area contributed by atoms with E-state index in [0.717, 1.165) is 11.8 Å². The fourth-order valence-corrected chi connectivity index (χ4v) is 3.35. The second kappa shape index (κ2) is 5.05. The molecule has 0 aromatic heterocycles. The van der Waals surface area contributed by atoms with E-state index in [4.69, 9.17) is 10.5 Å². The molecular formula is C14H27NO. The Morgan fingerprint density at radius 3 is 2.38 bits per heavy atom. The van der Waals surface area contributed by atoms with Crippen molar-refractivity contribution in [2.75, 3.05) is 6.54 Å². The molecule has 2 saturated carbocycles. The molecule has 0 aromatic rings. The molecule has 16 heavy (non-hydrogen) atoms. The first kappa shape index (κ1) is 12.4.